The van der Waals surface area contributed by atoms with Gasteiger partial charge in [-0.2, -0.15) is 0 Å². The molecule has 1 aliphatic rings. The van der Waals surface area contributed by atoms with Crippen LogP contribution in [0.4, 0.5) is 0 Å². The van der Waals surface area contributed by atoms with Gasteiger partial charge in [0, 0.05) is 6.42 Å². The Morgan fingerprint density at radius 2 is 1.17 bits per heavy atom. The third-order valence-corrected chi connectivity index (χ3v) is 9.62. The van der Waals surface area contributed by atoms with E-state index >= 15 is 0 Å². The molecule has 0 aliphatic carbocycles. The quantitative estimate of drug-likeness (QED) is 0.0328. The van der Waals surface area contributed by atoms with Crippen molar-refractivity contribution in [1.82, 2.24) is 5.32 Å². The van der Waals surface area contributed by atoms with Crippen molar-refractivity contribution in [2.45, 2.75) is 217 Å². The molecule has 0 aromatic carbocycles. The summed E-state index contributed by atoms with van der Waals surface area (Å²) < 4.78 is 11.2. The van der Waals surface area contributed by atoms with Crippen LogP contribution >= 0.6 is 0 Å². The highest BCUT2D eigenvalue weighted by atomic mass is 16.7. The van der Waals surface area contributed by atoms with Crippen LogP contribution in [0.3, 0.4) is 0 Å². The van der Waals surface area contributed by atoms with Crippen LogP contribution in [0.15, 0.2) is 12.2 Å². The summed E-state index contributed by atoms with van der Waals surface area (Å²) in [5.41, 5.74) is 0. The van der Waals surface area contributed by atoms with Crippen molar-refractivity contribution >= 4 is 5.91 Å². The van der Waals surface area contributed by atoms with Gasteiger partial charge < -0.3 is 40.3 Å². The number of hydrogen-bond acceptors (Lipinski definition) is 8. The van der Waals surface area contributed by atoms with Crippen LogP contribution in [0, 0.1) is 0 Å². The predicted molar refractivity (Wildman–Crippen MR) is 194 cm³/mol. The molecule has 1 heterocycles. The minimum atomic E-state index is -1.55. The summed E-state index contributed by atoms with van der Waals surface area (Å²) in [4.78, 5) is 12.9. The van der Waals surface area contributed by atoms with Crippen LogP contribution in [0.2, 0.25) is 0 Å². The molecule has 0 aromatic heterocycles. The second kappa shape index (κ2) is 30.7. The lowest BCUT2D eigenvalue weighted by molar-refractivity contribution is -0.302. The van der Waals surface area contributed by atoms with Gasteiger partial charge in [0.15, 0.2) is 6.29 Å². The van der Waals surface area contributed by atoms with Crippen LogP contribution in [0.1, 0.15) is 174 Å². The molecule has 7 unspecified atom stereocenters. The molecule has 1 amide bonds. The average molecular weight is 686 g/mol. The Bertz CT molecular complexity index is 766. The maximum Gasteiger partial charge on any atom is 0.220 e. The molecule has 9 heteroatoms. The molecule has 0 spiro atoms. The van der Waals surface area contributed by atoms with Gasteiger partial charge in [-0.05, 0) is 38.5 Å². The van der Waals surface area contributed by atoms with E-state index in [-0.39, 0.29) is 12.5 Å². The van der Waals surface area contributed by atoms with Gasteiger partial charge in [0.2, 0.25) is 5.91 Å². The molecule has 1 saturated heterocycles. The van der Waals surface area contributed by atoms with Crippen molar-refractivity contribution in [3.63, 3.8) is 0 Å². The number of nitrogens with one attached hydrogen (secondary N) is 1. The normalized spacial score (nSPS) is 22.7. The van der Waals surface area contributed by atoms with Crippen molar-refractivity contribution in [3.05, 3.63) is 12.2 Å². The monoisotopic (exact) mass is 686 g/mol. The number of ether oxygens (including phenoxy) is 2. The van der Waals surface area contributed by atoms with Gasteiger partial charge >= 0.3 is 0 Å². The molecule has 0 bridgehead atoms. The van der Waals surface area contributed by atoms with E-state index < -0.39 is 49.5 Å². The smallest absolute Gasteiger partial charge is 0.220 e. The highest BCUT2D eigenvalue weighted by molar-refractivity contribution is 5.76. The number of aliphatic hydroxyl groups is 5. The van der Waals surface area contributed by atoms with Crippen molar-refractivity contribution in [2.24, 2.45) is 0 Å². The van der Waals surface area contributed by atoms with Crippen LogP contribution in [-0.4, -0.2) is 87.5 Å². The number of allylic oxidation sites excluding steroid dienone is 2. The molecular weight excluding hydrogens is 610 g/mol. The Kier molecular flexibility index (Phi) is 28.8. The third kappa shape index (κ3) is 21.9. The first kappa shape index (κ1) is 45.0. The highest BCUT2D eigenvalue weighted by Crippen LogP contribution is 2.23. The first-order valence-corrected chi connectivity index (χ1v) is 19.9. The van der Waals surface area contributed by atoms with E-state index in [0.717, 1.165) is 51.4 Å². The van der Waals surface area contributed by atoms with Crippen LogP contribution in [0.25, 0.3) is 0 Å². The van der Waals surface area contributed by atoms with Gasteiger partial charge in [-0.15, -0.1) is 0 Å². The van der Waals surface area contributed by atoms with E-state index in [1.807, 2.05) is 0 Å². The minimum Gasteiger partial charge on any atom is -0.394 e. The molecule has 284 valence electrons. The first-order valence-electron chi connectivity index (χ1n) is 19.9. The summed E-state index contributed by atoms with van der Waals surface area (Å²) in [5, 5.41) is 54.0. The molecule has 0 saturated carbocycles. The van der Waals surface area contributed by atoms with Crippen molar-refractivity contribution in [1.29, 1.82) is 0 Å². The summed E-state index contributed by atoms with van der Waals surface area (Å²) >= 11 is 0. The zero-order valence-corrected chi connectivity index (χ0v) is 30.7. The number of unbranched alkanes of at least 4 members (excludes halogenated alkanes) is 20. The molecule has 1 aliphatic heterocycles. The van der Waals surface area contributed by atoms with Crippen molar-refractivity contribution < 1.29 is 39.8 Å². The predicted octanol–water partition coefficient (Wildman–Crippen LogP) is 7.00. The maximum absolute atomic E-state index is 12.9. The van der Waals surface area contributed by atoms with E-state index in [0.29, 0.717) is 12.8 Å². The van der Waals surface area contributed by atoms with Gasteiger partial charge in [0.1, 0.15) is 24.4 Å². The molecule has 1 rings (SSSR count). The molecule has 1 fully saturated rings. The fourth-order valence-corrected chi connectivity index (χ4v) is 6.33. The number of amides is 1. The Balaban J connectivity index is 2.41. The summed E-state index contributed by atoms with van der Waals surface area (Å²) in [6.45, 7) is 3.79. The van der Waals surface area contributed by atoms with Gasteiger partial charge in [-0.25, -0.2) is 0 Å². The third-order valence-electron chi connectivity index (χ3n) is 9.62. The SMILES string of the molecule is CCCCCCC/C=C\CCCCCCCC(=O)NC(COC1OC(CO)C(O)C(O)C1O)C(O)CCCCCCCCCCCCC. The fourth-order valence-electron chi connectivity index (χ4n) is 6.33. The Morgan fingerprint density at radius 1 is 0.688 bits per heavy atom. The lowest BCUT2D eigenvalue weighted by Gasteiger charge is -2.40. The standard InChI is InChI=1S/C39H75NO8/c1-3-5-7-9-11-13-15-16-17-19-21-23-25-27-29-35(43)40-32(31-47-39-38(46)37(45)36(44)34(30-41)48-39)33(42)28-26-24-22-20-18-14-12-10-8-6-4-2/h15-16,32-34,36-39,41-42,44-46H,3-14,17-31H2,1-2H3,(H,40,43)/b16-15-. The number of carbonyl (C=O) groups excluding carboxylic acids is 1. The van der Waals surface area contributed by atoms with E-state index in [2.05, 4.69) is 31.3 Å². The van der Waals surface area contributed by atoms with E-state index in [1.54, 1.807) is 0 Å². The van der Waals surface area contributed by atoms with Crippen molar-refractivity contribution in [3.8, 4) is 0 Å². The molecule has 0 aromatic rings. The van der Waals surface area contributed by atoms with Crippen LogP contribution in [0.5, 0.6) is 0 Å². The number of carbonyl (C=O) groups is 1. The van der Waals surface area contributed by atoms with Crippen molar-refractivity contribution in [2.75, 3.05) is 13.2 Å². The highest BCUT2D eigenvalue weighted by Gasteiger charge is 2.44. The first-order chi connectivity index (χ1) is 23.3. The Labute approximate surface area is 293 Å². The average Bonchev–Trinajstić information content (AvgIpc) is 3.08. The number of rotatable bonds is 32. The topological polar surface area (TPSA) is 149 Å². The summed E-state index contributed by atoms with van der Waals surface area (Å²) in [6.07, 6.45) is 25.0. The molecule has 0 radical (unpaired) electrons. The lowest BCUT2D eigenvalue weighted by atomic mass is 9.99. The second-order valence-corrected chi connectivity index (χ2v) is 14.1. The summed E-state index contributed by atoms with van der Waals surface area (Å²) in [6, 6.07) is -0.716. The molecule has 6 N–H and O–H groups in total. The largest absolute Gasteiger partial charge is 0.394 e. The molecule has 9 nitrogen and oxygen atoms in total. The molecular formula is C39H75NO8. The van der Waals surface area contributed by atoms with E-state index in [4.69, 9.17) is 9.47 Å². The van der Waals surface area contributed by atoms with Gasteiger partial charge in [-0.1, -0.05) is 142 Å². The van der Waals surface area contributed by atoms with E-state index in [9.17, 15) is 30.3 Å². The molecule has 7 atom stereocenters. The minimum absolute atomic E-state index is 0.139. The summed E-state index contributed by atoms with van der Waals surface area (Å²) in [7, 11) is 0. The van der Waals surface area contributed by atoms with Gasteiger partial charge in [0.05, 0.1) is 25.4 Å². The lowest BCUT2D eigenvalue weighted by Crippen LogP contribution is -2.60. The Morgan fingerprint density at radius 3 is 1.69 bits per heavy atom. The Hall–Kier alpha value is -1.07. The zero-order chi connectivity index (χ0) is 35.2. The summed E-state index contributed by atoms with van der Waals surface area (Å²) in [5.74, 6) is -0.155. The van der Waals surface area contributed by atoms with Crippen LogP contribution in [-0.2, 0) is 14.3 Å². The molecule has 48 heavy (non-hydrogen) atoms. The van der Waals surface area contributed by atoms with Gasteiger partial charge in [-0.3, -0.25) is 4.79 Å². The maximum atomic E-state index is 12.9. The van der Waals surface area contributed by atoms with Crippen LogP contribution < -0.4 is 5.32 Å². The second-order valence-electron chi connectivity index (χ2n) is 14.1. The number of hydrogen-bond donors (Lipinski definition) is 6. The zero-order valence-electron chi connectivity index (χ0n) is 30.7. The fraction of sp³-hybridized carbons (Fsp3) is 0.923. The van der Waals surface area contributed by atoms with Gasteiger partial charge in [0.25, 0.3) is 0 Å². The number of aliphatic hydroxyl groups excluding tert-OH is 5. The van der Waals surface area contributed by atoms with E-state index in [1.165, 1.54) is 96.3 Å².